The minimum absolute atomic E-state index is 0.204. The molecule has 3 rings (SSSR count). The monoisotopic (exact) mass is 276 g/mol. The molecule has 6 nitrogen and oxygen atoms in total. The molecule has 0 radical (unpaired) electrons. The van der Waals surface area contributed by atoms with Crippen molar-refractivity contribution in [3.8, 4) is 0 Å². The molecular formula is C12H5ClN2O4. The molecule has 0 spiro atoms. The number of fused-ring (bicyclic) bond motifs is 2. The number of hydrogen-bond acceptors (Lipinski definition) is 6. The summed E-state index contributed by atoms with van der Waals surface area (Å²) >= 11 is 5.81. The second kappa shape index (κ2) is 3.76. The van der Waals surface area contributed by atoms with Crippen LogP contribution in [-0.4, -0.2) is 0 Å². The van der Waals surface area contributed by atoms with E-state index < -0.39 is 21.7 Å². The number of anilines is 4. The second-order valence-corrected chi connectivity index (χ2v) is 4.44. The molecule has 2 N–H and O–H groups in total. The van der Waals surface area contributed by atoms with Crippen molar-refractivity contribution >= 4 is 34.4 Å². The van der Waals surface area contributed by atoms with Crippen LogP contribution in [0.25, 0.3) is 0 Å². The summed E-state index contributed by atoms with van der Waals surface area (Å²) in [6.07, 6.45) is 0. The molecule has 0 atom stereocenters. The number of benzene rings is 2. The topological polar surface area (TPSA) is 92.3 Å². The maximum atomic E-state index is 11.7. The molecule has 0 saturated heterocycles. The van der Waals surface area contributed by atoms with Crippen molar-refractivity contribution in [1.82, 2.24) is 0 Å². The highest BCUT2D eigenvalue weighted by Crippen LogP contribution is 2.35. The molecule has 0 saturated carbocycles. The van der Waals surface area contributed by atoms with Gasteiger partial charge < -0.3 is 10.6 Å². The van der Waals surface area contributed by atoms with E-state index in [1.54, 1.807) is 12.1 Å². The standard InChI is InChI=1S/C12H5ClN2O4/c13-4-1-2-5-6(3-4)15-8-7(14-5)9(16)11(18)12(19)10(8)17/h1-3,14-15H. The van der Waals surface area contributed by atoms with E-state index in [1.807, 2.05) is 0 Å². The molecule has 0 unspecified atom stereocenters. The van der Waals surface area contributed by atoms with Gasteiger partial charge in [0.15, 0.2) is 0 Å². The van der Waals surface area contributed by atoms with E-state index >= 15 is 0 Å². The SMILES string of the molecule is O=c1c2c(c(=O)c(=O)c1=O)Nc1cc(Cl)ccc1N2. The highest BCUT2D eigenvalue weighted by atomic mass is 35.5. The van der Waals surface area contributed by atoms with Crippen LogP contribution in [0.2, 0.25) is 5.02 Å². The first-order valence-corrected chi connectivity index (χ1v) is 5.62. The van der Waals surface area contributed by atoms with Crippen molar-refractivity contribution < 1.29 is 0 Å². The van der Waals surface area contributed by atoms with Gasteiger partial charge in [0, 0.05) is 5.02 Å². The van der Waals surface area contributed by atoms with Gasteiger partial charge in [-0.3, -0.25) is 19.2 Å². The third-order valence-corrected chi connectivity index (χ3v) is 3.06. The molecule has 19 heavy (non-hydrogen) atoms. The summed E-state index contributed by atoms with van der Waals surface area (Å²) in [5.41, 5.74) is -4.18. The predicted molar refractivity (Wildman–Crippen MR) is 71.9 cm³/mol. The highest BCUT2D eigenvalue weighted by Gasteiger charge is 2.24. The summed E-state index contributed by atoms with van der Waals surface area (Å²) in [6.45, 7) is 0. The van der Waals surface area contributed by atoms with Gasteiger partial charge in [-0.05, 0) is 18.2 Å². The molecule has 0 aliphatic carbocycles. The van der Waals surface area contributed by atoms with E-state index in [4.69, 9.17) is 11.6 Å². The molecule has 2 aromatic rings. The first kappa shape index (κ1) is 11.6. The first-order chi connectivity index (χ1) is 8.99. The van der Waals surface area contributed by atoms with Crippen LogP contribution >= 0.6 is 11.6 Å². The summed E-state index contributed by atoms with van der Waals surface area (Å²) in [7, 11) is 0. The van der Waals surface area contributed by atoms with Gasteiger partial charge in [-0.15, -0.1) is 0 Å². The Kier molecular flexibility index (Phi) is 2.30. The fraction of sp³-hybridized carbons (Fsp3) is 0. The lowest BCUT2D eigenvalue weighted by atomic mass is 10.1. The lowest BCUT2D eigenvalue weighted by molar-refractivity contribution is 1.30. The molecule has 1 aliphatic heterocycles. The molecule has 0 bridgehead atoms. The highest BCUT2D eigenvalue weighted by molar-refractivity contribution is 6.31. The lowest BCUT2D eigenvalue weighted by Crippen LogP contribution is -2.48. The van der Waals surface area contributed by atoms with Crippen molar-refractivity contribution in [3.63, 3.8) is 0 Å². The number of nitrogens with one attached hydrogen (secondary N) is 2. The largest absolute Gasteiger partial charge is 0.349 e. The van der Waals surface area contributed by atoms with Gasteiger partial charge >= 0.3 is 0 Å². The van der Waals surface area contributed by atoms with E-state index in [-0.39, 0.29) is 11.4 Å². The molecule has 7 heteroatoms. The number of rotatable bonds is 0. The van der Waals surface area contributed by atoms with Gasteiger partial charge in [0.05, 0.1) is 11.4 Å². The third-order valence-electron chi connectivity index (χ3n) is 2.82. The predicted octanol–water partition coefficient (Wildman–Crippen LogP) is 0.457. The Morgan fingerprint density at radius 3 is 1.84 bits per heavy atom. The van der Waals surface area contributed by atoms with Crippen molar-refractivity contribution in [2.24, 2.45) is 0 Å². The average molecular weight is 277 g/mol. The Balaban J connectivity index is 2.35. The summed E-state index contributed by atoms with van der Waals surface area (Å²) in [5.74, 6) is 0. The normalized spacial score (nSPS) is 12.1. The minimum atomic E-state index is -1.33. The van der Waals surface area contributed by atoms with Crippen molar-refractivity contribution in [1.29, 1.82) is 0 Å². The molecule has 2 aromatic carbocycles. The maximum absolute atomic E-state index is 11.7. The molecule has 0 aromatic heterocycles. The van der Waals surface area contributed by atoms with Crippen LogP contribution in [0.1, 0.15) is 0 Å². The van der Waals surface area contributed by atoms with Crippen molar-refractivity contribution in [2.45, 2.75) is 0 Å². The van der Waals surface area contributed by atoms with E-state index in [2.05, 4.69) is 10.6 Å². The summed E-state index contributed by atoms with van der Waals surface area (Å²) in [6, 6.07) is 4.71. The lowest BCUT2D eigenvalue weighted by Gasteiger charge is -2.20. The average Bonchev–Trinajstić information content (AvgIpc) is 2.41. The summed E-state index contributed by atoms with van der Waals surface area (Å²) in [5, 5.41) is 5.76. The summed E-state index contributed by atoms with van der Waals surface area (Å²) < 4.78 is 0. The Labute approximate surface area is 110 Å². The Morgan fingerprint density at radius 1 is 0.737 bits per heavy atom. The molecule has 0 fully saturated rings. The van der Waals surface area contributed by atoms with Crippen LogP contribution in [0.5, 0.6) is 0 Å². The molecule has 1 heterocycles. The van der Waals surface area contributed by atoms with Crippen LogP contribution in [-0.2, 0) is 0 Å². The van der Waals surface area contributed by atoms with E-state index in [9.17, 15) is 19.2 Å². The zero-order valence-corrected chi connectivity index (χ0v) is 10.00. The van der Waals surface area contributed by atoms with Gasteiger partial charge in [0.1, 0.15) is 11.4 Å². The van der Waals surface area contributed by atoms with Crippen molar-refractivity contribution in [3.05, 3.63) is 64.1 Å². The number of halogens is 1. The Hall–Kier alpha value is -2.47. The fourth-order valence-electron chi connectivity index (χ4n) is 1.90. The van der Waals surface area contributed by atoms with Gasteiger partial charge in [-0.1, -0.05) is 11.6 Å². The zero-order valence-electron chi connectivity index (χ0n) is 9.24. The van der Waals surface area contributed by atoms with Crippen LogP contribution in [0.4, 0.5) is 22.7 Å². The van der Waals surface area contributed by atoms with Crippen LogP contribution < -0.4 is 32.3 Å². The zero-order chi connectivity index (χ0) is 13.7. The van der Waals surface area contributed by atoms with Gasteiger partial charge in [-0.2, -0.15) is 0 Å². The molecule has 94 valence electrons. The summed E-state index contributed by atoms with van der Waals surface area (Å²) in [4.78, 5) is 46.0. The molecule has 0 amide bonds. The smallest absolute Gasteiger partial charge is 0.279 e. The minimum Gasteiger partial charge on any atom is -0.349 e. The number of hydrogen-bond donors (Lipinski definition) is 2. The van der Waals surface area contributed by atoms with E-state index in [0.717, 1.165) is 0 Å². The van der Waals surface area contributed by atoms with Crippen molar-refractivity contribution in [2.75, 3.05) is 10.6 Å². The van der Waals surface area contributed by atoms with Crippen LogP contribution in [0.3, 0.4) is 0 Å². The van der Waals surface area contributed by atoms with Gasteiger partial charge in [0.25, 0.3) is 21.7 Å². The molecular weight excluding hydrogens is 272 g/mol. The quantitative estimate of drug-likeness (QED) is 0.580. The third kappa shape index (κ3) is 1.57. The van der Waals surface area contributed by atoms with Crippen LogP contribution in [0.15, 0.2) is 37.4 Å². The second-order valence-electron chi connectivity index (χ2n) is 4.01. The fourth-order valence-corrected chi connectivity index (χ4v) is 2.07. The Bertz CT molecular complexity index is 913. The van der Waals surface area contributed by atoms with Gasteiger partial charge in [-0.25, -0.2) is 0 Å². The molecule has 1 aliphatic rings. The first-order valence-electron chi connectivity index (χ1n) is 5.24. The van der Waals surface area contributed by atoms with E-state index in [0.29, 0.717) is 16.4 Å². The maximum Gasteiger partial charge on any atom is 0.279 e. The van der Waals surface area contributed by atoms with Crippen LogP contribution in [0, 0.1) is 0 Å². The van der Waals surface area contributed by atoms with Gasteiger partial charge in [0.2, 0.25) is 0 Å². The van der Waals surface area contributed by atoms with E-state index in [1.165, 1.54) is 6.07 Å². The Morgan fingerprint density at radius 2 is 1.26 bits per heavy atom.